The Hall–Kier alpha value is -2.02. The van der Waals surface area contributed by atoms with Crippen LogP contribution in [-0.2, 0) is 30.9 Å². The summed E-state index contributed by atoms with van der Waals surface area (Å²) >= 11 is 6.28. The van der Waals surface area contributed by atoms with Crippen molar-refractivity contribution in [2.45, 2.75) is 37.0 Å². The van der Waals surface area contributed by atoms with Gasteiger partial charge in [0.15, 0.2) is 31.2 Å². The van der Waals surface area contributed by atoms with Crippen LogP contribution in [0.15, 0.2) is 27.5 Å². The molecule has 7 nitrogen and oxygen atoms in total. The molecule has 0 saturated carbocycles. The van der Waals surface area contributed by atoms with Crippen molar-refractivity contribution in [2.24, 2.45) is 0 Å². The van der Waals surface area contributed by atoms with E-state index in [1.54, 1.807) is 6.07 Å². The van der Waals surface area contributed by atoms with Crippen molar-refractivity contribution in [3.63, 3.8) is 0 Å². The van der Waals surface area contributed by atoms with E-state index < -0.39 is 42.6 Å². The Labute approximate surface area is 167 Å². The average Bonchev–Trinajstić information content (AvgIpc) is 2.95. The summed E-state index contributed by atoms with van der Waals surface area (Å²) in [6, 6.07) is 4.24. The number of sulfone groups is 2. The first-order valence-corrected chi connectivity index (χ1v) is 12.2. The van der Waals surface area contributed by atoms with E-state index in [2.05, 4.69) is 0 Å². The van der Waals surface area contributed by atoms with Crippen LogP contribution >= 0.6 is 11.6 Å². The first-order chi connectivity index (χ1) is 13.1. The molecular formula is C18H16ClNO6S2. The van der Waals surface area contributed by atoms with E-state index in [4.69, 9.17) is 16.9 Å². The average molecular weight is 442 g/mol. The maximum atomic E-state index is 13.1. The molecule has 28 heavy (non-hydrogen) atoms. The summed E-state index contributed by atoms with van der Waals surface area (Å²) in [4.78, 5) is 25.3. The highest BCUT2D eigenvalue weighted by Crippen LogP contribution is 2.37. The summed E-state index contributed by atoms with van der Waals surface area (Å²) in [5, 5.41) is 8.60. The Morgan fingerprint density at radius 2 is 1.93 bits per heavy atom. The fourth-order valence-corrected chi connectivity index (χ4v) is 6.99. The van der Waals surface area contributed by atoms with Gasteiger partial charge in [0.1, 0.15) is 0 Å². The normalized spacial score (nSPS) is 18.6. The molecule has 148 valence electrons. The van der Waals surface area contributed by atoms with E-state index in [0.717, 1.165) is 0 Å². The number of benzene rings is 1. The minimum atomic E-state index is -3.95. The highest BCUT2D eigenvalue weighted by molar-refractivity contribution is 7.95. The second-order valence-corrected chi connectivity index (χ2v) is 11.2. The number of carbonyl (C=O) groups excluding carboxylic acids is 2. The highest BCUT2D eigenvalue weighted by atomic mass is 35.5. The van der Waals surface area contributed by atoms with Crippen molar-refractivity contribution in [1.82, 2.24) is 0 Å². The standard InChI is InChI=1S/C18H16ClNO6S2/c19-17-11-7-10-28(25,26)14(11)6-5-12(17)18(22)16-13(21)3-1-4-15(16)27(23,24)9-2-8-20/h5-6H,1-4,7,9-10H2. The van der Waals surface area contributed by atoms with Crippen molar-refractivity contribution in [3.8, 4) is 6.07 Å². The lowest BCUT2D eigenvalue weighted by Gasteiger charge is -2.19. The highest BCUT2D eigenvalue weighted by Gasteiger charge is 2.36. The largest absolute Gasteiger partial charge is 0.294 e. The minimum absolute atomic E-state index is 0.0370. The molecule has 0 unspecified atom stereocenters. The lowest BCUT2D eigenvalue weighted by Crippen LogP contribution is -2.25. The number of allylic oxidation sites excluding steroid dienone is 2. The van der Waals surface area contributed by atoms with Gasteiger partial charge in [-0.05, 0) is 37.0 Å². The molecule has 0 atom stereocenters. The zero-order valence-electron chi connectivity index (χ0n) is 14.7. The van der Waals surface area contributed by atoms with Crippen molar-refractivity contribution in [1.29, 1.82) is 5.26 Å². The van der Waals surface area contributed by atoms with Crippen LogP contribution in [0.25, 0.3) is 0 Å². The summed E-state index contributed by atoms with van der Waals surface area (Å²) < 4.78 is 49.2. The van der Waals surface area contributed by atoms with Gasteiger partial charge in [-0.2, -0.15) is 5.26 Å². The Morgan fingerprint density at radius 3 is 2.61 bits per heavy atom. The molecule has 0 aromatic heterocycles. The first kappa shape index (κ1) is 20.7. The number of rotatable bonds is 5. The fourth-order valence-electron chi connectivity index (χ4n) is 3.47. The first-order valence-electron chi connectivity index (χ1n) is 8.55. The molecule has 0 spiro atoms. The molecule has 0 amide bonds. The molecule has 1 aromatic carbocycles. The second-order valence-electron chi connectivity index (χ2n) is 6.60. The Balaban J connectivity index is 2.15. The molecule has 1 aliphatic heterocycles. The molecule has 10 heteroatoms. The zero-order valence-corrected chi connectivity index (χ0v) is 17.1. The number of ketones is 2. The quantitative estimate of drug-likeness (QED) is 0.506. The van der Waals surface area contributed by atoms with Gasteiger partial charge in [0.05, 0.1) is 38.0 Å². The molecule has 0 N–H and O–H groups in total. The van der Waals surface area contributed by atoms with Crippen molar-refractivity contribution in [3.05, 3.63) is 38.8 Å². The SMILES string of the molecule is N#CCCS(=O)(=O)C1=C(C(=O)c2ccc3c(c2Cl)CCS3(=O)=O)C(=O)CCC1. The monoisotopic (exact) mass is 441 g/mol. The minimum Gasteiger partial charge on any atom is -0.294 e. The van der Waals surface area contributed by atoms with Gasteiger partial charge in [-0.25, -0.2) is 16.8 Å². The number of hydrogen-bond donors (Lipinski definition) is 0. The third kappa shape index (κ3) is 3.52. The van der Waals surface area contributed by atoms with Gasteiger partial charge in [0, 0.05) is 18.4 Å². The van der Waals surface area contributed by atoms with Gasteiger partial charge in [0.2, 0.25) is 0 Å². The fraction of sp³-hybridized carbons (Fsp3) is 0.389. The Morgan fingerprint density at radius 1 is 1.21 bits per heavy atom. The molecule has 1 aliphatic carbocycles. The lowest BCUT2D eigenvalue weighted by atomic mass is 9.91. The summed E-state index contributed by atoms with van der Waals surface area (Å²) in [6.07, 6.45) is 0.274. The zero-order chi connectivity index (χ0) is 20.7. The van der Waals surface area contributed by atoms with Crippen LogP contribution in [0.5, 0.6) is 0 Å². The number of fused-ring (bicyclic) bond motifs is 1. The summed E-state index contributed by atoms with van der Waals surface area (Å²) in [5.74, 6) is -2.00. The molecular weight excluding hydrogens is 426 g/mol. The predicted octanol–water partition coefficient (Wildman–Crippen LogP) is 2.19. The lowest BCUT2D eigenvalue weighted by molar-refractivity contribution is -0.115. The molecule has 0 fully saturated rings. The van der Waals surface area contributed by atoms with Crippen LogP contribution in [0.2, 0.25) is 5.02 Å². The second kappa shape index (κ2) is 7.43. The van der Waals surface area contributed by atoms with Crippen LogP contribution in [0.1, 0.15) is 41.6 Å². The van der Waals surface area contributed by atoms with Crippen molar-refractivity contribution < 1.29 is 26.4 Å². The van der Waals surface area contributed by atoms with Gasteiger partial charge < -0.3 is 0 Å². The number of nitrogens with zero attached hydrogens (tertiary/aromatic N) is 1. The van der Waals surface area contributed by atoms with E-state index >= 15 is 0 Å². The molecule has 0 saturated heterocycles. The van der Waals surface area contributed by atoms with Crippen molar-refractivity contribution >= 4 is 42.8 Å². The number of hydrogen-bond acceptors (Lipinski definition) is 7. The Bertz CT molecular complexity index is 1170. The van der Waals surface area contributed by atoms with E-state index in [-0.39, 0.29) is 51.8 Å². The smallest absolute Gasteiger partial charge is 0.199 e. The van der Waals surface area contributed by atoms with Crippen LogP contribution < -0.4 is 0 Å². The van der Waals surface area contributed by atoms with E-state index in [1.807, 2.05) is 0 Å². The van der Waals surface area contributed by atoms with Gasteiger partial charge in [0.25, 0.3) is 0 Å². The van der Waals surface area contributed by atoms with Gasteiger partial charge in [-0.15, -0.1) is 0 Å². The summed E-state index contributed by atoms with van der Waals surface area (Å²) in [7, 11) is -7.40. The van der Waals surface area contributed by atoms with Crippen LogP contribution in [0, 0.1) is 11.3 Å². The molecule has 2 aliphatic rings. The Kier molecular flexibility index (Phi) is 5.49. The number of Topliss-reactive ketones (excluding diaryl/α,β-unsaturated/α-hetero) is 2. The van der Waals surface area contributed by atoms with Crippen molar-refractivity contribution in [2.75, 3.05) is 11.5 Å². The summed E-state index contributed by atoms with van der Waals surface area (Å²) in [5.41, 5.74) is -0.201. The van der Waals surface area contributed by atoms with E-state index in [1.165, 1.54) is 12.1 Å². The van der Waals surface area contributed by atoms with Crippen LogP contribution in [0.4, 0.5) is 0 Å². The third-order valence-electron chi connectivity index (χ3n) is 4.85. The topological polar surface area (TPSA) is 126 Å². The van der Waals surface area contributed by atoms with Crippen LogP contribution in [0.3, 0.4) is 0 Å². The van der Waals surface area contributed by atoms with Crippen LogP contribution in [-0.4, -0.2) is 39.9 Å². The maximum absolute atomic E-state index is 13.1. The third-order valence-corrected chi connectivity index (χ3v) is 8.98. The molecule has 3 rings (SSSR count). The number of nitriles is 1. The molecule has 0 bridgehead atoms. The van der Waals surface area contributed by atoms with Gasteiger partial charge in [-0.1, -0.05) is 11.6 Å². The van der Waals surface area contributed by atoms with E-state index in [9.17, 15) is 26.4 Å². The molecule has 1 heterocycles. The van der Waals surface area contributed by atoms with Gasteiger partial charge >= 0.3 is 0 Å². The predicted molar refractivity (Wildman–Crippen MR) is 101 cm³/mol. The molecule has 1 aromatic rings. The number of halogens is 1. The number of carbonyl (C=O) groups is 2. The summed E-state index contributed by atoms with van der Waals surface area (Å²) in [6.45, 7) is 0. The van der Waals surface area contributed by atoms with Gasteiger partial charge in [-0.3, -0.25) is 9.59 Å². The molecule has 0 radical (unpaired) electrons. The van der Waals surface area contributed by atoms with E-state index in [0.29, 0.717) is 12.0 Å². The maximum Gasteiger partial charge on any atom is 0.199 e.